The number of thiazole rings is 1. The van der Waals surface area contributed by atoms with E-state index < -0.39 is 0 Å². The van der Waals surface area contributed by atoms with E-state index in [1.807, 2.05) is 55.5 Å². The number of nitrogens with one attached hydrogen (secondary N) is 2. The second-order valence-electron chi connectivity index (χ2n) is 6.13. The van der Waals surface area contributed by atoms with Crippen LogP contribution < -0.4 is 10.8 Å². The van der Waals surface area contributed by atoms with Crippen molar-refractivity contribution >= 4 is 38.8 Å². The number of amides is 1. The third-order valence-electron chi connectivity index (χ3n) is 4.31. The van der Waals surface area contributed by atoms with Crippen molar-refractivity contribution in [3.05, 3.63) is 77.9 Å². The highest BCUT2D eigenvalue weighted by molar-refractivity contribution is 7.21. The van der Waals surface area contributed by atoms with E-state index >= 15 is 0 Å². The van der Waals surface area contributed by atoms with Gasteiger partial charge in [-0.05, 0) is 55.0 Å². The second-order valence-corrected chi connectivity index (χ2v) is 7.16. The third-order valence-corrected chi connectivity index (χ3v) is 5.38. The summed E-state index contributed by atoms with van der Waals surface area (Å²) in [5.41, 5.74) is 6.53. The number of carbonyl (C=O) groups is 1. The van der Waals surface area contributed by atoms with Crippen LogP contribution in [-0.2, 0) is 0 Å². The van der Waals surface area contributed by atoms with E-state index in [0.29, 0.717) is 16.9 Å². The predicted molar refractivity (Wildman–Crippen MR) is 110 cm³/mol. The predicted octanol–water partition coefficient (Wildman–Crippen LogP) is 5.33. The van der Waals surface area contributed by atoms with Gasteiger partial charge in [0, 0.05) is 11.1 Å². The van der Waals surface area contributed by atoms with Crippen LogP contribution in [0.3, 0.4) is 0 Å². The van der Waals surface area contributed by atoms with E-state index in [1.165, 1.54) is 0 Å². The molecule has 0 aliphatic carbocycles. The number of para-hydroxylation sites is 2. The second kappa shape index (κ2) is 7.19. The van der Waals surface area contributed by atoms with Gasteiger partial charge in [0.15, 0.2) is 0 Å². The van der Waals surface area contributed by atoms with Gasteiger partial charge in [0.25, 0.3) is 5.91 Å². The highest BCUT2D eigenvalue weighted by Gasteiger charge is 2.14. The first-order valence-corrected chi connectivity index (χ1v) is 9.24. The molecule has 0 aliphatic heterocycles. The Morgan fingerprint density at radius 2 is 1.78 bits per heavy atom. The van der Waals surface area contributed by atoms with Crippen molar-refractivity contribution in [1.82, 2.24) is 4.98 Å². The SMILES string of the molecule is Cc1cc(C(=O)Nc2ccccc2-c2nc3ccccc3s2)ccc1NO. The molecule has 27 heavy (non-hydrogen) atoms. The molecule has 0 saturated heterocycles. The van der Waals surface area contributed by atoms with Crippen LogP contribution in [0, 0.1) is 6.92 Å². The Hall–Kier alpha value is -3.22. The molecular weight excluding hydrogens is 358 g/mol. The van der Waals surface area contributed by atoms with Gasteiger partial charge in [-0.3, -0.25) is 15.5 Å². The Balaban J connectivity index is 1.67. The lowest BCUT2D eigenvalue weighted by Crippen LogP contribution is -2.13. The standard InChI is InChI=1S/C21H17N3O2S/c1-13-12-14(10-11-16(13)24-26)20(25)22-17-7-3-2-6-15(17)21-23-18-8-4-5-9-19(18)27-21/h2-12,24,26H,1H3,(H,22,25). The van der Waals surface area contributed by atoms with Crippen LogP contribution in [0.25, 0.3) is 20.8 Å². The van der Waals surface area contributed by atoms with Crippen LogP contribution in [0.5, 0.6) is 0 Å². The third kappa shape index (κ3) is 3.40. The molecular formula is C21H17N3O2S. The fraction of sp³-hybridized carbons (Fsp3) is 0.0476. The van der Waals surface area contributed by atoms with Gasteiger partial charge in [0.05, 0.1) is 21.6 Å². The molecule has 1 amide bonds. The molecule has 134 valence electrons. The van der Waals surface area contributed by atoms with Crippen LogP contribution in [0.2, 0.25) is 0 Å². The quantitative estimate of drug-likeness (QED) is 0.422. The van der Waals surface area contributed by atoms with Crippen molar-refractivity contribution in [1.29, 1.82) is 0 Å². The Bertz CT molecular complexity index is 1100. The molecule has 4 rings (SSSR count). The van der Waals surface area contributed by atoms with Gasteiger partial charge in [0.1, 0.15) is 5.01 Å². The van der Waals surface area contributed by atoms with Crippen molar-refractivity contribution in [2.45, 2.75) is 6.92 Å². The minimum absolute atomic E-state index is 0.212. The maximum atomic E-state index is 12.7. The van der Waals surface area contributed by atoms with Crippen LogP contribution in [0.1, 0.15) is 15.9 Å². The minimum atomic E-state index is -0.212. The molecule has 0 fully saturated rings. The highest BCUT2D eigenvalue weighted by atomic mass is 32.1. The molecule has 1 aromatic heterocycles. The highest BCUT2D eigenvalue weighted by Crippen LogP contribution is 2.34. The summed E-state index contributed by atoms with van der Waals surface area (Å²) < 4.78 is 1.11. The fourth-order valence-electron chi connectivity index (χ4n) is 2.89. The molecule has 4 aromatic rings. The lowest BCUT2D eigenvalue weighted by Gasteiger charge is -2.11. The van der Waals surface area contributed by atoms with Crippen LogP contribution in [0.4, 0.5) is 11.4 Å². The summed E-state index contributed by atoms with van der Waals surface area (Å²) in [7, 11) is 0. The molecule has 0 bridgehead atoms. The number of benzene rings is 3. The topological polar surface area (TPSA) is 74.2 Å². The van der Waals surface area contributed by atoms with E-state index in [2.05, 4.69) is 10.8 Å². The summed E-state index contributed by atoms with van der Waals surface area (Å²) in [6.07, 6.45) is 0. The van der Waals surface area contributed by atoms with Gasteiger partial charge in [0.2, 0.25) is 0 Å². The Morgan fingerprint density at radius 1 is 1.00 bits per heavy atom. The van der Waals surface area contributed by atoms with Gasteiger partial charge in [-0.2, -0.15) is 0 Å². The smallest absolute Gasteiger partial charge is 0.255 e. The maximum Gasteiger partial charge on any atom is 0.255 e. The van der Waals surface area contributed by atoms with E-state index in [9.17, 15) is 4.79 Å². The van der Waals surface area contributed by atoms with E-state index in [-0.39, 0.29) is 5.91 Å². The molecule has 0 saturated carbocycles. The lowest BCUT2D eigenvalue weighted by atomic mass is 10.1. The number of rotatable bonds is 4. The number of aryl methyl sites for hydroxylation is 1. The number of carbonyl (C=O) groups excluding carboxylic acids is 1. The average Bonchev–Trinajstić information content (AvgIpc) is 3.12. The van der Waals surface area contributed by atoms with Crippen molar-refractivity contribution in [3.8, 4) is 10.6 Å². The zero-order chi connectivity index (χ0) is 18.8. The average molecular weight is 375 g/mol. The molecule has 0 aliphatic rings. The van der Waals surface area contributed by atoms with Crippen molar-refractivity contribution in [3.63, 3.8) is 0 Å². The Kier molecular flexibility index (Phi) is 4.58. The summed E-state index contributed by atoms with van der Waals surface area (Å²) in [6.45, 7) is 1.82. The molecule has 0 radical (unpaired) electrons. The minimum Gasteiger partial charge on any atom is -0.321 e. The summed E-state index contributed by atoms with van der Waals surface area (Å²) in [5, 5.41) is 12.9. The molecule has 0 atom stereocenters. The first-order chi connectivity index (χ1) is 13.2. The molecule has 3 N–H and O–H groups in total. The fourth-order valence-corrected chi connectivity index (χ4v) is 3.90. The lowest BCUT2D eigenvalue weighted by molar-refractivity contribution is 0.102. The van der Waals surface area contributed by atoms with Gasteiger partial charge >= 0.3 is 0 Å². The number of anilines is 2. The molecule has 3 aromatic carbocycles. The Morgan fingerprint density at radius 3 is 2.56 bits per heavy atom. The summed E-state index contributed by atoms with van der Waals surface area (Å²) in [4.78, 5) is 17.4. The van der Waals surface area contributed by atoms with Gasteiger partial charge in [-0.1, -0.05) is 24.3 Å². The molecule has 0 unspecified atom stereocenters. The molecule has 0 spiro atoms. The number of aromatic nitrogens is 1. The first-order valence-electron chi connectivity index (χ1n) is 8.43. The van der Waals surface area contributed by atoms with Crippen LogP contribution >= 0.6 is 11.3 Å². The largest absolute Gasteiger partial charge is 0.321 e. The van der Waals surface area contributed by atoms with Crippen molar-refractivity contribution in [2.75, 3.05) is 10.8 Å². The van der Waals surface area contributed by atoms with Crippen molar-refractivity contribution < 1.29 is 10.0 Å². The van der Waals surface area contributed by atoms with Crippen LogP contribution in [-0.4, -0.2) is 16.1 Å². The van der Waals surface area contributed by atoms with E-state index in [0.717, 1.165) is 26.4 Å². The Labute approximate surface area is 160 Å². The summed E-state index contributed by atoms with van der Waals surface area (Å²) in [6, 6.07) is 20.7. The normalized spacial score (nSPS) is 10.7. The van der Waals surface area contributed by atoms with Gasteiger partial charge in [-0.15, -0.1) is 11.3 Å². The first kappa shape index (κ1) is 17.2. The zero-order valence-electron chi connectivity index (χ0n) is 14.6. The van der Waals surface area contributed by atoms with E-state index in [1.54, 1.807) is 29.5 Å². The number of hydrogen-bond acceptors (Lipinski definition) is 5. The number of nitrogens with zero attached hydrogens (tertiary/aromatic N) is 1. The monoisotopic (exact) mass is 375 g/mol. The van der Waals surface area contributed by atoms with E-state index in [4.69, 9.17) is 10.2 Å². The summed E-state index contributed by atoms with van der Waals surface area (Å²) in [5.74, 6) is -0.212. The number of hydrogen-bond donors (Lipinski definition) is 3. The van der Waals surface area contributed by atoms with Crippen molar-refractivity contribution in [2.24, 2.45) is 0 Å². The summed E-state index contributed by atoms with van der Waals surface area (Å²) >= 11 is 1.60. The molecule has 1 heterocycles. The number of fused-ring (bicyclic) bond motifs is 1. The maximum absolute atomic E-state index is 12.7. The van der Waals surface area contributed by atoms with Gasteiger partial charge < -0.3 is 5.32 Å². The molecule has 5 nitrogen and oxygen atoms in total. The zero-order valence-corrected chi connectivity index (χ0v) is 15.4. The van der Waals surface area contributed by atoms with Gasteiger partial charge in [-0.25, -0.2) is 4.98 Å². The molecule has 6 heteroatoms. The van der Waals surface area contributed by atoms with Crippen LogP contribution in [0.15, 0.2) is 66.7 Å².